The largest absolute Gasteiger partial charge is 0.492 e. The molecule has 1 aromatic rings. The average molecular weight is 302 g/mol. The fourth-order valence-electron chi connectivity index (χ4n) is 0.959. The van der Waals surface area contributed by atoms with Crippen LogP contribution in [0.25, 0.3) is 0 Å². The van der Waals surface area contributed by atoms with E-state index in [1.54, 1.807) is 6.07 Å². The summed E-state index contributed by atoms with van der Waals surface area (Å²) in [5, 5.41) is 8.81. The number of ether oxygens (including phenoxy) is 1. The van der Waals surface area contributed by atoms with E-state index in [0.29, 0.717) is 17.2 Å². The Morgan fingerprint density at radius 3 is 2.20 bits per heavy atom. The number of thiophene rings is 1. The molecule has 0 saturated heterocycles. The second-order valence-corrected chi connectivity index (χ2v) is 5.76. The lowest BCUT2D eigenvalue weighted by Gasteiger charge is -2.01. The van der Waals surface area contributed by atoms with Crippen LogP contribution in [0.4, 0.5) is 0 Å². The lowest BCUT2D eigenvalue weighted by Crippen LogP contribution is -2.00. The Bertz CT molecular complexity index is 357. The maximum absolute atomic E-state index is 10.7. The van der Waals surface area contributed by atoms with Gasteiger partial charge in [0.1, 0.15) is 5.75 Å². The normalized spacial score (nSPS) is 9.20. The van der Waals surface area contributed by atoms with Gasteiger partial charge in [-0.3, -0.25) is 0 Å². The topological polar surface area (TPSA) is 46.5 Å². The van der Waals surface area contributed by atoms with Crippen molar-refractivity contribution in [2.75, 3.05) is 6.61 Å². The molecule has 1 heterocycles. The van der Waals surface area contributed by atoms with Crippen molar-refractivity contribution < 1.29 is 14.6 Å². The first kappa shape index (κ1) is 21.3. The third-order valence-corrected chi connectivity index (χ3v) is 3.31. The van der Waals surface area contributed by atoms with Gasteiger partial charge in [0.2, 0.25) is 0 Å². The number of rotatable bonds is 5. The summed E-state index contributed by atoms with van der Waals surface area (Å²) in [5.74, 6) is 0.469. The van der Waals surface area contributed by atoms with Crippen molar-refractivity contribution in [2.45, 2.75) is 61.3 Å². The molecule has 1 N–H and O–H groups in total. The monoisotopic (exact) mass is 302 g/mol. The molecule has 0 atom stereocenters. The molecule has 0 aliphatic rings. The molecule has 0 aliphatic carbocycles. The van der Waals surface area contributed by atoms with Gasteiger partial charge in [0.15, 0.2) is 4.88 Å². The summed E-state index contributed by atoms with van der Waals surface area (Å²) < 4.78 is 5.30. The van der Waals surface area contributed by atoms with Gasteiger partial charge >= 0.3 is 5.97 Å². The van der Waals surface area contributed by atoms with Gasteiger partial charge in [0.05, 0.1) is 6.61 Å². The van der Waals surface area contributed by atoms with Gasteiger partial charge in [-0.05, 0) is 25.3 Å². The first-order valence-corrected chi connectivity index (χ1v) is 8.20. The molecule has 1 rings (SSSR count). The van der Waals surface area contributed by atoms with Crippen LogP contribution in [-0.2, 0) is 0 Å². The van der Waals surface area contributed by atoms with Crippen LogP contribution >= 0.6 is 11.3 Å². The Kier molecular flexibility index (Phi) is 13.8. The molecule has 20 heavy (non-hydrogen) atoms. The van der Waals surface area contributed by atoms with Crippen molar-refractivity contribution in [1.82, 2.24) is 0 Å². The first-order valence-electron chi connectivity index (χ1n) is 7.38. The van der Waals surface area contributed by atoms with Crippen molar-refractivity contribution in [2.24, 2.45) is 5.92 Å². The molecule has 0 bridgehead atoms. The van der Waals surface area contributed by atoms with Gasteiger partial charge in [0, 0.05) is 4.88 Å². The molecule has 0 fully saturated rings. The van der Waals surface area contributed by atoms with Gasteiger partial charge in [0.25, 0.3) is 0 Å². The number of aryl methyl sites for hydroxylation is 1. The van der Waals surface area contributed by atoms with Gasteiger partial charge in [-0.2, -0.15) is 0 Å². The van der Waals surface area contributed by atoms with Crippen LogP contribution in [0.5, 0.6) is 5.75 Å². The Labute approximate surface area is 128 Å². The number of hydrogen-bond donors (Lipinski definition) is 1. The molecule has 0 saturated carbocycles. The standard InChI is InChI=1S/C9H12O3S.C5H12.C2H6/c1-3-4-12-7-5-6(2)13-8(7)9(10)11;1-4-5(2)3;1-2/h5H,3-4H2,1-2H3,(H,10,11);5H,4H2,1-3H3;1-2H3. The summed E-state index contributed by atoms with van der Waals surface area (Å²) in [7, 11) is 0. The molecule has 0 radical (unpaired) electrons. The number of carbonyl (C=O) groups is 1. The summed E-state index contributed by atoms with van der Waals surface area (Å²) in [6.07, 6.45) is 2.19. The van der Waals surface area contributed by atoms with Crippen molar-refractivity contribution in [3.8, 4) is 5.75 Å². The molecular formula is C16H30O3S. The Morgan fingerprint density at radius 1 is 1.35 bits per heavy atom. The second kappa shape index (κ2) is 13.0. The number of aromatic carboxylic acids is 1. The quantitative estimate of drug-likeness (QED) is 0.767. The van der Waals surface area contributed by atoms with E-state index in [-0.39, 0.29) is 0 Å². The van der Waals surface area contributed by atoms with Crippen LogP contribution < -0.4 is 4.74 Å². The summed E-state index contributed by atoms with van der Waals surface area (Å²) in [4.78, 5) is 12.0. The van der Waals surface area contributed by atoms with Crippen LogP contribution in [0, 0.1) is 12.8 Å². The van der Waals surface area contributed by atoms with Crippen LogP contribution in [0.15, 0.2) is 6.07 Å². The van der Waals surface area contributed by atoms with Crippen molar-refractivity contribution >= 4 is 17.3 Å². The molecule has 0 unspecified atom stereocenters. The van der Waals surface area contributed by atoms with Gasteiger partial charge in [-0.15, -0.1) is 11.3 Å². The Hall–Kier alpha value is -1.03. The molecule has 3 nitrogen and oxygen atoms in total. The van der Waals surface area contributed by atoms with Gasteiger partial charge in [-0.1, -0.05) is 48.0 Å². The highest BCUT2D eigenvalue weighted by Gasteiger charge is 2.14. The number of carboxylic acids is 1. The summed E-state index contributed by atoms with van der Waals surface area (Å²) >= 11 is 1.25. The molecule has 0 aromatic carbocycles. The maximum atomic E-state index is 10.7. The van der Waals surface area contributed by atoms with Crippen molar-refractivity contribution in [1.29, 1.82) is 0 Å². The Morgan fingerprint density at radius 2 is 1.85 bits per heavy atom. The number of carboxylic acid groups (broad SMARTS) is 1. The third-order valence-electron chi connectivity index (χ3n) is 2.29. The molecule has 0 aliphatic heterocycles. The molecule has 4 heteroatoms. The zero-order valence-electron chi connectivity index (χ0n) is 13.9. The molecule has 1 aromatic heterocycles. The maximum Gasteiger partial charge on any atom is 0.349 e. The minimum Gasteiger partial charge on any atom is -0.492 e. The van der Waals surface area contributed by atoms with E-state index in [2.05, 4.69) is 20.8 Å². The predicted octanol–water partition coefficient (Wildman–Crippen LogP) is 5.62. The van der Waals surface area contributed by atoms with Gasteiger partial charge in [-0.25, -0.2) is 4.79 Å². The van der Waals surface area contributed by atoms with E-state index in [1.807, 2.05) is 27.7 Å². The molecular weight excluding hydrogens is 272 g/mol. The predicted molar refractivity (Wildman–Crippen MR) is 88.3 cm³/mol. The zero-order chi connectivity index (χ0) is 16.1. The lowest BCUT2D eigenvalue weighted by molar-refractivity contribution is 0.0698. The Balaban J connectivity index is 0. The van der Waals surface area contributed by atoms with E-state index in [0.717, 1.165) is 17.2 Å². The highest BCUT2D eigenvalue weighted by molar-refractivity contribution is 7.14. The third kappa shape index (κ3) is 9.84. The van der Waals surface area contributed by atoms with E-state index >= 15 is 0 Å². The number of hydrogen-bond acceptors (Lipinski definition) is 3. The minimum absolute atomic E-state index is 0.297. The molecule has 0 spiro atoms. The highest BCUT2D eigenvalue weighted by Crippen LogP contribution is 2.28. The van der Waals surface area contributed by atoms with E-state index in [9.17, 15) is 4.79 Å². The van der Waals surface area contributed by atoms with Crippen LogP contribution in [0.2, 0.25) is 0 Å². The smallest absolute Gasteiger partial charge is 0.349 e. The fraction of sp³-hybridized carbons (Fsp3) is 0.688. The second-order valence-electron chi connectivity index (χ2n) is 4.51. The van der Waals surface area contributed by atoms with Crippen molar-refractivity contribution in [3.05, 3.63) is 15.8 Å². The molecule has 118 valence electrons. The summed E-state index contributed by atoms with van der Waals surface area (Å²) in [6, 6.07) is 1.77. The van der Waals surface area contributed by atoms with Crippen LogP contribution in [0.1, 0.15) is 68.9 Å². The zero-order valence-corrected chi connectivity index (χ0v) is 14.8. The summed E-state index contributed by atoms with van der Waals surface area (Å²) in [6.45, 7) is 15.1. The van der Waals surface area contributed by atoms with Crippen molar-refractivity contribution in [3.63, 3.8) is 0 Å². The van der Waals surface area contributed by atoms with Gasteiger partial charge < -0.3 is 9.84 Å². The highest BCUT2D eigenvalue weighted by atomic mass is 32.1. The SMILES string of the molecule is CC.CCC(C)C.CCCOc1cc(C)sc1C(=O)O. The lowest BCUT2D eigenvalue weighted by atomic mass is 10.2. The summed E-state index contributed by atoms with van der Waals surface area (Å²) in [5.41, 5.74) is 0. The molecule has 0 amide bonds. The average Bonchev–Trinajstić information content (AvgIpc) is 2.80. The fourth-order valence-corrected chi connectivity index (χ4v) is 1.75. The van der Waals surface area contributed by atoms with E-state index in [4.69, 9.17) is 9.84 Å². The minimum atomic E-state index is -0.913. The first-order chi connectivity index (χ1) is 9.42. The van der Waals surface area contributed by atoms with Crippen LogP contribution in [-0.4, -0.2) is 17.7 Å². The van der Waals surface area contributed by atoms with E-state index < -0.39 is 5.97 Å². The van der Waals surface area contributed by atoms with E-state index in [1.165, 1.54) is 17.8 Å². The van der Waals surface area contributed by atoms with Crippen LogP contribution in [0.3, 0.4) is 0 Å².